The Hall–Kier alpha value is -1.11. The molecule has 1 N–H and O–H groups in total. The van der Waals surface area contributed by atoms with Crippen LogP contribution in [0, 0.1) is 11.3 Å². The number of halogens is 1. The van der Waals surface area contributed by atoms with Gasteiger partial charge in [0.15, 0.2) is 0 Å². The van der Waals surface area contributed by atoms with E-state index in [2.05, 4.69) is 26.1 Å². The molecule has 1 fully saturated rings. The highest BCUT2D eigenvalue weighted by atomic mass is 35.5. The summed E-state index contributed by atoms with van der Waals surface area (Å²) in [5.41, 5.74) is -0.172. The van der Waals surface area contributed by atoms with Gasteiger partial charge in [-0.1, -0.05) is 32.4 Å². The Morgan fingerprint density at radius 1 is 1.11 bits per heavy atom. The highest BCUT2D eigenvalue weighted by molar-refractivity contribution is 7.89. The minimum absolute atomic E-state index is 0.0211. The average Bonchev–Trinajstić information content (AvgIpc) is 2.52. The van der Waals surface area contributed by atoms with Crippen LogP contribution in [0.15, 0.2) is 29.2 Å². The lowest BCUT2D eigenvalue weighted by atomic mass is 9.81. The number of piperidine rings is 1. The molecule has 0 atom stereocenters. The Labute approximate surface area is 168 Å². The summed E-state index contributed by atoms with van der Waals surface area (Å²) in [6.07, 6.45) is 1.93. The fourth-order valence-electron chi connectivity index (χ4n) is 3.92. The number of hydrogen-bond acceptors (Lipinski definition) is 3. The fourth-order valence-corrected chi connectivity index (χ4v) is 5.52. The van der Waals surface area contributed by atoms with E-state index < -0.39 is 10.0 Å². The van der Waals surface area contributed by atoms with E-state index in [1.807, 2.05) is 13.8 Å². The summed E-state index contributed by atoms with van der Waals surface area (Å²) in [5, 5.41) is 3.65. The van der Waals surface area contributed by atoms with Gasteiger partial charge < -0.3 is 5.32 Å². The first-order valence-electron chi connectivity index (χ1n) is 9.38. The first-order valence-corrected chi connectivity index (χ1v) is 11.2. The van der Waals surface area contributed by atoms with E-state index in [1.54, 1.807) is 12.1 Å². The third-order valence-corrected chi connectivity index (χ3v) is 6.87. The van der Waals surface area contributed by atoms with Crippen molar-refractivity contribution in [2.75, 3.05) is 13.1 Å². The van der Waals surface area contributed by atoms with Gasteiger partial charge in [0.05, 0.1) is 4.90 Å². The van der Waals surface area contributed by atoms with Gasteiger partial charge in [0.25, 0.3) is 0 Å². The molecule has 1 aromatic rings. The van der Waals surface area contributed by atoms with Crippen molar-refractivity contribution in [3.63, 3.8) is 0 Å². The van der Waals surface area contributed by atoms with Gasteiger partial charge in [0, 0.05) is 29.6 Å². The number of hydrogen-bond donors (Lipinski definition) is 1. The predicted molar refractivity (Wildman–Crippen MR) is 109 cm³/mol. The van der Waals surface area contributed by atoms with Crippen molar-refractivity contribution < 1.29 is 13.2 Å². The Balaban J connectivity index is 1.96. The van der Waals surface area contributed by atoms with Gasteiger partial charge in [0.1, 0.15) is 0 Å². The van der Waals surface area contributed by atoms with E-state index in [0.29, 0.717) is 31.0 Å². The minimum atomic E-state index is -3.54. The van der Waals surface area contributed by atoms with Crippen LogP contribution in [0.4, 0.5) is 0 Å². The molecular weight excluding hydrogens is 384 g/mol. The zero-order valence-corrected chi connectivity index (χ0v) is 18.5. The predicted octanol–water partition coefficient (Wildman–Crippen LogP) is 4.07. The second kappa shape index (κ2) is 8.10. The van der Waals surface area contributed by atoms with Crippen LogP contribution >= 0.6 is 11.6 Å². The van der Waals surface area contributed by atoms with Crippen LogP contribution in [0.5, 0.6) is 0 Å². The van der Waals surface area contributed by atoms with Gasteiger partial charge in [-0.05, 0) is 62.8 Å². The van der Waals surface area contributed by atoms with E-state index in [-0.39, 0.29) is 27.7 Å². The van der Waals surface area contributed by atoms with Crippen LogP contribution in [-0.2, 0) is 14.8 Å². The summed E-state index contributed by atoms with van der Waals surface area (Å²) in [4.78, 5) is 12.9. The average molecular weight is 415 g/mol. The minimum Gasteiger partial charge on any atom is -0.351 e. The van der Waals surface area contributed by atoms with Crippen LogP contribution in [-0.4, -0.2) is 37.3 Å². The number of rotatable bonds is 5. The summed E-state index contributed by atoms with van der Waals surface area (Å²) in [6.45, 7) is 11.2. The zero-order chi connectivity index (χ0) is 20.5. The van der Waals surface area contributed by atoms with Crippen LogP contribution in [0.3, 0.4) is 0 Å². The number of amides is 1. The van der Waals surface area contributed by atoms with Crippen molar-refractivity contribution in [2.45, 2.75) is 64.3 Å². The Bertz CT molecular complexity index is 759. The lowest BCUT2D eigenvalue weighted by Gasteiger charge is -2.36. The van der Waals surface area contributed by atoms with Crippen LogP contribution in [0.25, 0.3) is 0 Å². The second-order valence-electron chi connectivity index (χ2n) is 9.24. The Morgan fingerprint density at radius 2 is 1.63 bits per heavy atom. The van der Waals surface area contributed by atoms with Crippen LogP contribution < -0.4 is 5.32 Å². The molecule has 2 rings (SSSR count). The molecular formula is C20H31ClN2O3S. The number of carbonyl (C=O) groups excluding carboxylic acids is 1. The van der Waals surface area contributed by atoms with Crippen molar-refractivity contribution in [2.24, 2.45) is 11.3 Å². The molecule has 0 aromatic heterocycles. The van der Waals surface area contributed by atoms with Crippen molar-refractivity contribution in [1.29, 1.82) is 0 Å². The summed E-state index contributed by atoms with van der Waals surface area (Å²) in [5.74, 6) is -0.131. The highest BCUT2D eigenvalue weighted by Crippen LogP contribution is 2.29. The van der Waals surface area contributed by atoms with Crippen molar-refractivity contribution in [3.8, 4) is 0 Å². The molecule has 1 heterocycles. The van der Waals surface area contributed by atoms with Gasteiger partial charge >= 0.3 is 0 Å². The monoisotopic (exact) mass is 414 g/mol. The third kappa shape index (κ3) is 6.19. The van der Waals surface area contributed by atoms with E-state index >= 15 is 0 Å². The van der Waals surface area contributed by atoms with Crippen LogP contribution in [0.1, 0.15) is 53.9 Å². The van der Waals surface area contributed by atoms with Crippen molar-refractivity contribution >= 4 is 27.5 Å². The van der Waals surface area contributed by atoms with Crippen LogP contribution in [0.2, 0.25) is 5.02 Å². The van der Waals surface area contributed by atoms with Crippen molar-refractivity contribution in [3.05, 3.63) is 29.3 Å². The molecule has 0 bridgehead atoms. The molecule has 5 nitrogen and oxygen atoms in total. The summed E-state index contributed by atoms with van der Waals surface area (Å²) < 4.78 is 26.9. The quantitative estimate of drug-likeness (QED) is 0.789. The first kappa shape index (κ1) is 22.2. The Morgan fingerprint density at radius 3 is 2.11 bits per heavy atom. The standard InChI is InChI=1S/C20H31ClN2O3S/c1-19(2,3)14-20(4,5)22-18(24)15-10-12-23(13-11-15)27(25,26)17-8-6-16(21)7-9-17/h6-9,15H,10-14H2,1-5H3,(H,22,24). The maximum atomic E-state index is 12.7. The number of nitrogens with zero attached hydrogens (tertiary/aromatic N) is 1. The lowest BCUT2D eigenvalue weighted by molar-refractivity contribution is -0.128. The van der Waals surface area contributed by atoms with E-state index in [0.717, 1.165) is 6.42 Å². The zero-order valence-electron chi connectivity index (χ0n) is 16.9. The SMILES string of the molecule is CC(C)(C)CC(C)(C)NC(=O)C1CCN(S(=O)(=O)c2ccc(Cl)cc2)CC1. The molecule has 1 aliphatic rings. The summed E-state index contributed by atoms with van der Waals surface area (Å²) in [6, 6.07) is 6.19. The molecule has 0 radical (unpaired) electrons. The fraction of sp³-hybridized carbons (Fsp3) is 0.650. The van der Waals surface area contributed by atoms with Gasteiger partial charge in [-0.15, -0.1) is 0 Å². The van der Waals surface area contributed by atoms with E-state index in [9.17, 15) is 13.2 Å². The number of nitrogens with one attached hydrogen (secondary N) is 1. The molecule has 1 saturated heterocycles. The molecule has 0 saturated carbocycles. The van der Waals surface area contributed by atoms with Gasteiger partial charge in [0.2, 0.25) is 15.9 Å². The molecule has 0 spiro atoms. The molecule has 27 heavy (non-hydrogen) atoms. The largest absolute Gasteiger partial charge is 0.351 e. The molecule has 0 aliphatic carbocycles. The summed E-state index contributed by atoms with van der Waals surface area (Å²) in [7, 11) is -3.54. The molecule has 1 amide bonds. The maximum absolute atomic E-state index is 12.7. The topological polar surface area (TPSA) is 66.5 Å². The number of sulfonamides is 1. The molecule has 1 aromatic carbocycles. The molecule has 7 heteroatoms. The molecule has 152 valence electrons. The van der Waals surface area contributed by atoms with Gasteiger partial charge in [-0.25, -0.2) is 8.42 Å². The smallest absolute Gasteiger partial charge is 0.243 e. The normalized spacial score (nSPS) is 17.7. The summed E-state index contributed by atoms with van der Waals surface area (Å²) >= 11 is 5.84. The Kier molecular flexibility index (Phi) is 6.65. The van der Waals surface area contributed by atoms with Crippen molar-refractivity contribution in [1.82, 2.24) is 9.62 Å². The number of carbonyl (C=O) groups is 1. The van der Waals surface area contributed by atoms with Gasteiger partial charge in [-0.2, -0.15) is 4.31 Å². The lowest BCUT2D eigenvalue weighted by Crippen LogP contribution is -2.50. The second-order valence-corrected chi connectivity index (χ2v) is 11.6. The van der Waals surface area contributed by atoms with Gasteiger partial charge in [-0.3, -0.25) is 4.79 Å². The van der Waals surface area contributed by atoms with E-state index in [4.69, 9.17) is 11.6 Å². The first-order chi connectivity index (χ1) is 12.3. The molecule has 0 unspecified atom stereocenters. The third-order valence-electron chi connectivity index (χ3n) is 4.71. The maximum Gasteiger partial charge on any atom is 0.243 e. The highest BCUT2D eigenvalue weighted by Gasteiger charge is 2.34. The number of benzene rings is 1. The van der Waals surface area contributed by atoms with E-state index in [1.165, 1.54) is 16.4 Å². The molecule has 1 aliphatic heterocycles.